The van der Waals surface area contributed by atoms with E-state index in [1.165, 1.54) is 90.5 Å². The smallest absolute Gasteiger partial charge is 0.264 e. The standard InChI is InChI=1S/2C11H22O.C10H18F2O.C10H20FN.C10H19FO.C10H21N.C10H20O.C9H17F.C9H19N/c1-10(2,3)9-6-7-12-11(4,5)8-9;1-5-10-8-9(6-7-12-10)11(2,3)4;1-10(2,3)7-4-5-13-8(6-7)9(11)12;1-9(2,3)8-6-12(5)7-10(8,4)11;1-9(2,3)8-5-6-12-7-10(8,4)11;1-5-11-7-6-9(8-11)10(2,3)4;1-8-7-9(5-6-11-8)10(2,3)4;1-9(2,3)7-4-5-8(10)6-7;1-9(2,3)8-5-6-10(4)7-8/h9H,6-8H2,1-5H3;9-10H,5-8H2,1-4H3;7-9H,4-6H2,1-3H3;8H,6-7H2,1-5H3;8H,5-7H2,1-4H3;9H,5-8H2,1-4H3;8-9H,5-7H2,1-4H3;7-8H,4-6H2,1-3H3;8H,5-7H2,1-4H3. The average Bonchev–Trinajstić information content (AvgIpc) is 1.75. The number of rotatable bonds is 3. The summed E-state index contributed by atoms with van der Waals surface area (Å²) in [6, 6.07) is 0. The Morgan fingerprint density at radius 1 is 0.417 bits per heavy atom. The maximum Gasteiger partial charge on any atom is 0.264 e. The maximum atomic E-state index is 14.0. The van der Waals surface area contributed by atoms with Gasteiger partial charge in [0.2, 0.25) is 0 Å². The van der Waals surface area contributed by atoms with Gasteiger partial charge in [-0.25, -0.2) is 22.0 Å². The Morgan fingerprint density at radius 2 is 0.854 bits per heavy atom. The molecule has 15 unspecified atom stereocenters. The van der Waals surface area contributed by atoms with Crippen LogP contribution in [0.5, 0.6) is 0 Å². The first-order chi connectivity index (χ1) is 46.4. The van der Waals surface area contributed by atoms with Gasteiger partial charge in [-0.3, -0.25) is 0 Å². The van der Waals surface area contributed by atoms with Crippen LogP contribution in [0.15, 0.2) is 0 Å². The maximum absolute atomic E-state index is 14.0. The molecule has 9 aliphatic rings. The van der Waals surface area contributed by atoms with E-state index in [0.717, 1.165) is 88.1 Å². The van der Waals surface area contributed by atoms with E-state index < -0.39 is 30.0 Å². The summed E-state index contributed by atoms with van der Waals surface area (Å²) in [5.74, 6) is 5.63. The summed E-state index contributed by atoms with van der Waals surface area (Å²) in [6.45, 7) is 87.4. The van der Waals surface area contributed by atoms with Crippen LogP contribution in [0.3, 0.4) is 0 Å². The molecule has 0 aromatic heterocycles. The van der Waals surface area contributed by atoms with Crippen molar-refractivity contribution in [3.05, 3.63) is 0 Å². The van der Waals surface area contributed by atoms with Gasteiger partial charge in [-0.15, -0.1) is 0 Å². The predicted molar refractivity (Wildman–Crippen MR) is 434 cm³/mol. The summed E-state index contributed by atoms with van der Waals surface area (Å²) < 4.78 is 92.3. The third-order valence-corrected chi connectivity index (χ3v) is 25.2. The fourth-order valence-electron chi connectivity index (χ4n) is 17.3. The van der Waals surface area contributed by atoms with Gasteiger partial charge in [0.1, 0.15) is 23.6 Å². The largest absolute Gasteiger partial charge is 0.378 e. The molecule has 0 bridgehead atoms. The number of hydrogen-bond acceptors (Lipinski definition) is 8. The van der Waals surface area contributed by atoms with Crippen LogP contribution < -0.4 is 0 Å². The van der Waals surface area contributed by atoms with Gasteiger partial charge in [-0.1, -0.05) is 201 Å². The molecule has 0 N–H and O–H groups in total. The molecular formula is C90H178F5N3O5. The zero-order valence-electron chi connectivity index (χ0n) is 75.2. The predicted octanol–water partition coefficient (Wildman–Crippen LogP) is 25.1. The molecule has 1 saturated carbocycles. The molecule has 9 fully saturated rings. The van der Waals surface area contributed by atoms with Gasteiger partial charge in [0, 0.05) is 71.0 Å². The lowest BCUT2D eigenvalue weighted by Gasteiger charge is -2.42. The molecule has 8 saturated heterocycles. The fourth-order valence-corrected chi connectivity index (χ4v) is 17.3. The second-order valence-electron chi connectivity index (χ2n) is 44.5. The van der Waals surface area contributed by atoms with Crippen molar-refractivity contribution in [2.45, 2.75) is 380 Å². The van der Waals surface area contributed by atoms with E-state index >= 15 is 0 Å². The van der Waals surface area contributed by atoms with Crippen molar-refractivity contribution in [3.8, 4) is 0 Å². The summed E-state index contributed by atoms with van der Waals surface area (Å²) in [5, 5.41) is 0. The highest BCUT2D eigenvalue weighted by atomic mass is 19.3. The summed E-state index contributed by atoms with van der Waals surface area (Å²) in [4.78, 5) is 7.06. The Balaban J connectivity index is 0.000000580. The lowest BCUT2D eigenvalue weighted by atomic mass is 9.70. The minimum absolute atomic E-state index is 0.0489. The van der Waals surface area contributed by atoms with Crippen molar-refractivity contribution in [1.29, 1.82) is 0 Å². The minimum Gasteiger partial charge on any atom is -0.378 e. The lowest BCUT2D eigenvalue weighted by Crippen LogP contribution is -2.46. The molecule has 103 heavy (non-hydrogen) atoms. The van der Waals surface area contributed by atoms with E-state index in [0.29, 0.717) is 82.7 Å². The molecule has 0 spiro atoms. The fraction of sp³-hybridized carbons (Fsp3) is 1.00. The molecule has 8 aliphatic heterocycles. The van der Waals surface area contributed by atoms with Crippen LogP contribution in [0.25, 0.3) is 0 Å². The van der Waals surface area contributed by atoms with Gasteiger partial charge < -0.3 is 38.4 Å². The topological polar surface area (TPSA) is 55.9 Å². The summed E-state index contributed by atoms with van der Waals surface area (Å²) in [5.41, 5.74) is 0.948. The number of ether oxygens (including phenoxy) is 5. The zero-order chi connectivity index (χ0) is 80.1. The summed E-state index contributed by atoms with van der Waals surface area (Å²) in [6.07, 6.45) is 13.7. The van der Waals surface area contributed by atoms with Crippen LogP contribution in [0.2, 0.25) is 0 Å². The molecule has 1 aliphatic carbocycles. The normalized spacial score (nSPS) is 33.0. The second kappa shape index (κ2) is 42.3. The molecule has 618 valence electrons. The molecule has 13 heteroatoms. The number of nitrogens with zero attached hydrogens (tertiary/aromatic N) is 3. The second-order valence-corrected chi connectivity index (χ2v) is 44.5. The molecule has 0 radical (unpaired) electrons. The summed E-state index contributed by atoms with van der Waals surface area (Å²) >= 11 is 0. The van der Waals surface area contributed by atoms with Crippen LogP contribution in [0, 0.1) is 102 Å². The zero-order valence-corrected chi connectivity index (χ0v) is 75.2. The van der Waals surface area contributed by atoms with Gasteiger partial charge in [-0.05, 0) is 255 Å². The van der Waals surface area contributed by atoms with Crippen molar-refractivity contribution >= 4 is 0 Å². The lowest BCUT2D eigenvalue weighted by molar-refractivity contribution is -0.106. The van der Waals surface area contributed by atoms with E-state index in [4.69, 9.17) is 23.7 Å². The first-order valence-corrected chi connectivity index (χ1v) is 41.8. The van der Waals surface area contributed by atoms with Gasteiger partial charge in [0.25, 0.3) is 6.43 Å². The monoisotopic (exact) mass is 1480 g/mol. The van der Waals surface area contributed by atoms with Crippen molar-refractivity contribution in [3.63, 3.8) is 0 Å². The Bertz CT molecular complexity index is 2200. The van der Waals surface area contributed by atoms with Crippen molar-refractivity contribution in [1.82, 2.24) is 14.7 Å². The number of likely N-dealkylation sites (tertiary alicyclic amines) is 3. The molecule has 0 amide bonds. The van der Waals surface area contributed by atoms with Gasteiger partial charge in [-0.2, -0.15) is 0 Å². The minimum atomic E-state index is -2.33. The molecule has 15 atom stereocenters. The number of halogens is 5. The quantitative estimate of drug-likeness (QED) is 0.259. The van der Waals surface area contributed by atoms with E-state index in [-0.39, 0.29) is 40.3 Å². The Morgan fingerprint density at radius 3 is 1.16 bits per heavy atom. The van der Waals surface area contributed by atoms with Gasteiger partial charge in [0.15, 0.2) is 0 Å². The van der Waals surface area contributed by atoms with E-state index in [1.54, 1.807) is 13.8 Å². The Labute approximate surface area is 638 Å². The first kappa shape index (κ1) is 100. The molecule has 8 nitrogen and oxygen atoms in total. The van der Waals surface area contributed by atoms with Crippen LogP contribution in [-0.2, 0) is 23.7 Å². The van der Waals surface area contributed by atoms with Crippen LogP contribution in [-0.4, -0.2) is 162 Å². The molecular weight excluding hydrogens is 1300 g/mol. The highest BCUT2D eigenvalue weighted by Gasteiger charge is 2.48. The summed E-state index contributed by atoms with van der Waals surface area (Å²) in [7, 11) is 4.20. The highest BCUT2D eigenvalue weighted by Crippen LogP contribution is 2.46. The molecule has 0 aromatic rings. The van der Waals surface area contributed by atoms with Crippen molar-refractivity contribution in [2.75, 3.05) is 99.5 Å². The highest BCUT2D eigenvalue weighted by molar-refractivity contribution is 4.99. The van der Waals surface area contributed by atoms with Crippen LogP contribution >= 0.6 is 0 Å². The van der Waals surface area contributed by atoms with Crippen LogP contribution in [0.1, 0.15) is 332 Å². The molecule has 8 heterocycles. The molecule has 9 rings (SSSR count). The third-order valence-electron chi connectivity index (χ3n) is 25.2. The SMILES string of the molecule is CC(C)(C)C1CCC(F)C1.CC(C)(C)C1CCOC(C(F)F)C1.CC(C)(C)C1CCOCC1(C)F.CC1(C)CC(C(C)(C)C)CCO1.CC1CC(C(C)(C)C)CCO1.CCC1CC(C(C)(C)C)CCO1.CCN1CCC(C(C)(C)C)C1.CN1CC(C(C)(C)C)C(C)(F)C1.CN1CCC(C(C)(C)C)C1. The number of alkyl halides is 5. The van der Waals surface area contributed by atoms with Crippen molar-refractivity contribution < 1.29 is 45.6 Å². The van der Waals surface area contributed by atoms with Gasteiger partial charge >= 0.3 is 0 Å². The average molecular weight is 1480 g/mol. The van der Waals surface area contributed by atoms with Crippen molar-refractivity contribution in [2.24, 2.45) is 102 Å². The Hall–Kier alpha value is -0.670. The number of hydrogen-bond donors (Lipinski definition) is 0. The Kier molecular flexibility index (Phi) is 41.2. The van der Waals surface area contributed by atoms with E-state index in [1.807, 2.05) is 7.05 Å². The third kappa shape index (κ3) is 39.4. The first-order valence-electron chi connectivity index (χ1n) is 41.8. The molecule has 0 aromatic carbocycles. The van der Waals surface area contributed by atoms with E-state index in [9.17, 15) is 22.0 Å². The van der Waals surface area contributed by atoms with E-state index in [2.05, 4.69) is 243 Å². The van der Waals surface area contributed by atoms with Crippen LogP contribution in [0.4, 0.5) is 22.0 Å². The van der Waals surface area contributed by atoms with Gasteiger partial charge in [0.05, 0.1) is 24.4 Å².